The van der Waals surface area contributed by atoms with Crippen molar-refractivity contribution in [1.82, 2.24) is 4.98 Å². The average molecular weight is 462 g/mol. The highest BCUT2D eigenvalue weighted by molar-refractivity contribution is 5.71. The predicted molar refractivity (Wildman–Crippen MR) is 126 cm³/mol. The number of fused-ring (bicyclic) bond motifs is 1. The van der Waals surface area contributed by atoms with E-state index in [1.807, 2.05) is 24.3 Å². The Morgan fingerprint density at radius 1 is 1.12 bits per heavy atom. The lowest BCUT2D eigenvalue weighted by atomic mass is 9.81. The minimum absolute atomic E-state index is 0.0115. The maximum absolute atomic E-state index is 15.2. The molecule has 5 nitrogen and oxygen atoms in total. The number of hydrogen-bond acceptors (Lipinski definition) is 4. The number of halogens is 1. The van der Waals surface area contributed by atoms with Crippen LogP contribution in [0.1, 0.15) is 54.0 Å². The van der Waals surface area contributed by atoms with Crippen molar-refractivity contribution in [3.8, 4) is 17.0 Å². The van der Waals surface area contributed by atoms with Gasteiger partial charge in [0.1, 0.15) is 5.82 Å². The Morgan fingerprint density at radius 2 is 1.91 bits per heavy atom. The van der Waals surface area contributed by atoms with Gasteiger partial charge in [-0.15, -0.1) is 0 Å². The summed E-state index contributed by atoms with van der Waals surface area (Å²) in [7, 11) is 1.55. The van der Waals surface area contributed by atoms with E-state index in [-0.39, 0.29) is 17.8 Å². The van der Waals surface area contributed by atoms with Crippen LogP contribution >= 0.6 is 0 Å². The number of aromatic nitrogens is 1. The van der Waals surface area contributed by atoms with Gasteiger partial charge < -0.3 is 14.6 Å². The molecule has 0 bridgehead atoms. The Kier molecular flexibility index (Phi) is 6.09. The Balaban J connectivity index is 1.40. The molecule has 1 fully saturated rings. The van der Waals surface area contributed by atoms with Gasteiger partial charge in [-0.1, -0.05) is 37.3 Å². The summed E-state index contributed by atoms with van der Waals surface area (Å²) in [6.45, 7) is 2.21. The first-order valence-electron chi connectivity index (χ1n) is 11.7. The smallest absolute Gasteiger partial charge is 0.306 e. The van der Waals surface area contributed by atoms with E-state index in [0.29, 0.717) is 30.4 Å². The molecule has 1 aliphatic carbocycles. The zero-order valence-corrected chi connectivity index (χ0v) is 19.3. The first kappa shape index (κ1) is 22.5. The van der Waals surface area contributed by atoms with E-state index in [2.05, 4.69) is 11.1 Å². The van der Waals surface area contributed by atoms with E-state index in [1.165, 1.54) is 6.07 Å². The number of benzene rings is 2. The molecule has 1 N–H and O–H groups in total. The van der Waals surface area contributed by atoms with Gasteiger partial charge in [0.05, 0.1) is 25.7 Å². The molecule has 3 atom stereocenters. The van der Waals surface area contributed by atoms with Crippen molar-refractivity contribution in [2.45, 2.75) is 44.8 Å². The lowest BCUT2D eigenvalue weighted by Crippen LogP contribution is -2.22. The number of carbonyl (C=O) groups is 1. The average Bonchev–Trinajstić information content (AvgIpc) is 3.68. The Morgan fingerprint density at radius 3 is 2.62 bits per heavy atom. The second-order valence-corrected chi connectivity index (χ2v) is 9.35. The third-order valence-electron chi connectivity index (χ3n) is 7.14. The van der Waals surface area contributed by atoms with Crippen LogP contribution in [0.3, 0.4) is 0 Å². The van der Waals surface area contributed by atoms with Crippen molar-refractivity contribution in [3.63, 3.8) is 0 Å². The molecule has 176 valence electrons. The van der Waals surface area contributed by atoms with Crippen LogP contribution in [0.15, 0.2) is 54.7 Å². The molecule has 0 amide bonds. The summed E-state index contributed by atoms with van der Waals surface area (Å²) < 4.78 is 26.4. The molecule has 0 spiro atoms. The summed E-state index contributed by atoms with van der Waals surface area (Å²) >= 11 is 0. The van der Waals surface area contributed by atoms with Crippen LogP contribution in [0.5, 0.6) is 5.88 Å². The van der Waals surface area contributed by atoms with Gasteiger partial charge in [0.25, 0.3) is 0 Å². The normalized spacial score (nSPS) is 19.2. The summed E-state index contributed by atoms with van der Waals surface area (Å²) in [5.41, 5.74) is 5.36. The van der Waals surface area contributed by atoms with Crippen molar-refractivity contribution in [3.05, 3.63) is 82.8 Å². The number of aliphatic carboxylic acids is 1. The molecule has 0 unspecified atom stereocenters. The van der Waals surface area contributed by atoms with Gasteiger partial charge in [-0.25, -0.2) is 9.37 Å². The monoisotopic (exact) mass is 461 g/mol. The number of hydrogen-bond donors (Lipinski definition) is 1. The minimum Gasteiger partial charge on any atom is -0.481 e. The molecule has 5 rings (SSSR count). The van der Waals surface area contributed by atoms with Crippen LogP contribution in [0.25, 0.3) is 11.1 Å². The molecule has 6 heteroatoms. The van der Waals surface area contributed by atoms with Gasteiger partial charge in [0.15, 0.2) is 0 Å². The second-order valence-electron chi connectivity index (χ2n) is 9.35. The highest BCUT2D eigenvalue weighted by Crippen LogP contribution is 2.47. The number of carboxylic acid groups (broad SMARTS) is 1. The van der Waals surface area contributed by atoms with E-state index in [4.69, 9.17) is 9.47 Å². The predicted octanol–water partition coefficient (Wildman–Crippen LogP) is 5.92. The topological polar surface area (TPSA) is 68.7 Å². The van der Waals surface area contributed by atoms with E-state index in [0.717, 1.165) is 40.7 Å². The van der Waals surface area contributed by atoms with Gasteiger partial charge in [-0.3, -0.25) is 4.79 Å². The van der Waals surface area contributed by atoms with Crippen molar-refractivity contribution in [1.29, 1.82) is 0 Å². The Hall–Kier alpha value is -3.25. The fourth-order valence-corrected chi connectivity index (χ4v) is 5.08. The fraction of sp³-hybridized carbons (Fsp3) is 0.357. The highest BCUT2D eigenvalue weighted by atomic mass is 19.1. The summed E-state index contributed by atoms with van der Waals surface area (Å²) in [5.74, 6) is -0.586. The summed E-state index contributed by atoms with van der Waals surface area (Å²) in [6.07, 6.45) is 3.96. The van der Waals surface area contributed by atoms with Crippen LogP contribution in [0.2, 0.25) is 0 Å². The summed E-state index contributed by atoms with van der Waals surface area (Å²) in [6, 6.07) is 15.0. The van der Waals surface area contributed by atoms with E-state index < -0.39 is 11.9 Å². The fourth-order valence-electron chi connectivity index (χ4n) is 5.08. The van der Waals surface area contributed by atoms with Crippen LogP contribution in [-0.2, 0) is 22.6 Å². The first-order chi connectivity index (χ1) is 16.4. The van der Waals surface area contributed by atoms with Crippen molar-refractivity contribution in [2.75, 3.05) is 7.11 Å². The van der Waals surface area contributed by atoms with Gasteiger partial charge in [0.2, 0.25) is 5.88 Å². The SMILES string of the molecule is COc1cc(-c2ccc([C@H]3Cc4cc([C@H](C5CC5)[C@H](C)C(=O)O)ccc4CO3)c(F)c2)ccn1. The van der Waals surface area contributed by atoms with Gasteiger partial charge in [-0.05, 0) is 64.6 Å². The summed E-state index contributed by atoms with van der Waals surface area (Å²) in [5, 5.41) is 9.61. The molecule has 0 saturated heterocycles. The molecule has 2 aliphatic rings. The van der Waals surface area contributed by atoms with Crippen LogP contribution in [0.4, 0.5) is 4.39 Å². The van der Waals surface area contributed by atoms with Crippen LogP contribution in [0, 0.1) is 17.7 Å². The van der Waals surface area contributed by atoms with E-state index in [1.54, 1.807) is 32.4 Å². The third kappa shape index (κ3) is 4.42. The van der Waals surface area contributed by atoms with E-state index in [9.17, 15) is 9.90 Å². The van der Waals surface area contributed by atoms with Gasteiger partial charge in [0, 0.05) is 24.2 Å². The molecule has 34 heavy (non-hydrogen) atoms. The highest BCUT2D eigenvalue weighted by Gasteiger charge is 2.39. The number of rotatable bonds is 7. The molecule has 2 aromatic carbocycles. The van der Waals surface area contributed by atoms with Crippen LogP contribution < -0.4 is 4.74 Å². The Bertz CT molecular complexity index is 1220. The quantitative estimate of drug-likeness (QED) is 0.473. The number of carboxylic acids is 1. The molecular formula is C28H28FNO4. The van der Waals surface area contributed by atoms with Crippen LogP contribution in [-0.4, -0.2) is 23.2 Å². The molecule has 2 heterocycles. The maximum atomic E-state index is 15.2. The zero-order valence-electron chi connectivity index (χ0n) is 19.3. The standard InChI is InChI=1S/C28H28FNO4/c1-16(28(31)32)27(17-3-4-17)20-5-6-21-15-34-25(13-22(21)11-20)23-8-7-18(12-24(23)29)19-9-10-30-26(14-19)33-2/h5-12,14,16-17,25,27H,3-4,13,15H2,1-2H3,(H,31,32)/t16-,25+,27-/m0/s1. The van der Waals surface area contributed by atoms with Gasteiger partial charge in [-0.2, -0.15) is 0 Å². The number of pyridine rings is 1. The van der Waals surface area contributed by atoms with Gasteiger partial charge >= 0.3 is 5.97 Å². The largest absolute Gasteiger partial charge is 0.481 e. The molecule has 3 aromatic rings. The third-order valence-corrected chi connectivity index (χ3v) is 7.14. The molecule has 1 aliphatic heterocycles. The maximum Gasteiger partial charge on any atom is 0.306 e. The Labute approximate surface area is 198 Å². The second kappa shape index (κ2) is 9.18. The molecule has 1 saturated carbocycles. The number of methoxy groups -OCH3 is 1. The van der Waals surface area contributed by atoms with Crippen molar-refractivity contribution < 1.29 is 23.8 Å². The zero-order chi connectivity index (χ0) is 23.8. The summed E-state index contributed by atoms with van der Waals surface area (Å²) in [4.78, 5) is 15.8. The number of nitrogens with zero attached hydrogens (tertiary/aromatic N) is 1. The first-order valence-corrected chi connectivity index (χ1v) is 11.7. The van der Waals surface area contributed by atoms with Crippen molar-refractivity contribution in [2.24, 2.45) is 11.8 Å². The molecular weight excluding hydrogens is 433 g/mol. The van der Waals surface area contributed by atoms with E-state index >= 15 is 4.39 Å². The minimum atomic E-state index is -0.759. The lowest BCUT2D eigenvalue weighted by molar-refractivity contribution is -0.142. The lowest BCUT2D eigenvalue weighted by Gasteiger charge is -2.28. The number of ether oxygens (including phenoxy) is 2. The molecule has 1 aromatic heterocycles. The molecule has 0 radical (unpaired) electrons. The van der Waals surface area contributed by atoms with Crippen molar-refractivity contribution >= 4 is 5.97 Å².